The van der Waals surface area contributed by atoms with Crippen molar-refractivity contribution in [3.05, 3.63) is 51.6 Å². The van der Waals surface area contributed by atoms with Crippen LogP contribution in [-0.4, -0.2) is 16.1 Å². The van der Waals surface area contributed by atoms with Gasteiger partial charge in [0, 0.05) is 11.8 Å². The van der Waals surface area contributed by atoms with E-state index in [1.54, 1.807) is 0 Å². The monoisotopic (exact) mass is 335 g/mol. The van der Waals surface area contributed by atoms with Gasteiger partial charge in [0.2, 0.25) is 0 Å². The highest BCUT2D eigenvalue weighted by atomic mass is 35.5. The summed E-state index contributed by atoms with van der Waals surface area (Å²) in [4.78, 5) is 15.0. The Morgan fingerprint density at radius 2 is 1.86 bits per heavy atom. The first-order chi connectivity index (χ1) is 9.73. The third-order valence-electron chi connectivity index (χ3n) is 2.68. The van der Waals surface area contributed by atoms with Gasteiger partial charge in [-0.1, -0.05) is 35.3 Å². The molecule has 0 aliphatic heterocycles. The maximum atomic E-state index is 12.9. The van der Waals surface area contributed by atoms with Crippen LogP contribution in [0.25, 0.3) is 11.3 Å². The maximum Gasteiger partial charge on any atom is 0.417 e. The Morgan fingerprint density at radius 1 is 1.19 bits per heavy atom. The zero-order valence-electron chi connectivity index (χ0n) is 10.1. The van der Waals surface area contributed by atoms with Crippen molar-refractivity contribution in [1.29, 1.82) is 0 Å². The number of alkyl halides is 3. The molecule has 0 aliphatic carbocycles. The summed E-state index contributed by atoms with van der Waals surface area (Å²) in [6.45, 7) is 0. The van der Waals surface area contributed by atoms with Crippen molar-refractivity contribution in [2.75, 3.05) is 0 Å². The third kappa shape index (κ3) is 2.96. The summed E-state index contributed by atoms with van der Waals surface area (Å²) in [5, 5.41) is 9.14. The van der Waals surface area contributed by atoms with Crippen LogP contribution in [0.2, 0.25) is 10.0 Å². The molecule has 0 bridgehead atoms. The van der Waals surface area contributed by atoms with Crippen LogP contribution in [-0.2, 0) is 6.18 Å². The lowest BCUT2D eigenvalue weighted by Crippen LogP contribution is -2.15. The summed E-state index contributed by atoms with van der Waals surface area (Å²) in [7, 11) is 0. The molecule has 1 aromatic carbocycles. The van der Waals surface area contributed by atoms with Crippen LogP contribution in [0.15, 0.2) is 30.5 Å². The van der Waals surface area contributed by atoms with Crippen LogP contribution in [0.1, 0.15) is 15.9 Å². The van der Waals surface area contributed by atoms with Gasteiger partial charge in [0.25, 0.3) is 0 Å². The van der Waals surface area contributed by atoms with Crippen molar-refractivity contribution in [2.45, 2.75) is 6.18 Å². The molecule has 0 aliphatic rings. The van der Waals surface area contributed by atoms with E-state index in [0.29, 0.717) is 6.07 Å². The molecule has 0 amide bonds. The highest BCUT2D eigenvalue weighted by Crippen LogP contribution is 2.39. The highest BCUT2D eigenvalue weighted by Gasteiger charge is 2.37. The number of pyridine rings is 1. The summed E-state index contributed by atoms with van der Waals surface area (Å²) in [5.41, 5.74) is -2.62. The van der Waals surface area contributed by atoms with Crippen molar-refractivity contribution >= 4 is 29.2 Å². The molecular formula is C13H6Cl2F3NO2. The first kappa shape index (κ1) is 15.6. The second kappa shape index (κ2) is 5.54. The number of carbonyl (C=O) groups is 1. The number of nitrogens with zero attached hydrogens (tertiary/aromatic N) is 1. The molecule has 110 valence electrons. The van der Waals surface area contributed by atoms with E-state index in [1.165, 1.54) is 18.2 Å². The molecule has 1 heterocycles. The van der Waals surface area contributed by atoms with Crippen LogP contribution in [0.3, 0.4) is 0 Å². The second-order valence-corrected chi connectivity index (χ2v) is 4.77. The standard InChI is InChI=1S/C13H6Cl2F3NO2/c14-8-3-1-2-6(10(8)15)11-9(12(20)21)7(4-5-19-11)13(16,17)18/h1-5H,(H,20,21). The number of carboxylic acid groups (broad SMARTS) is 1. The van der Waals surface area contributed by atoms with Crippen LogP contribution >= 0.6 is 23.2 Å². The number of hydrogen-bond acceptors (Lipinski definition) is 2. The Balaban J connectivity index is 2.82. The number of halogens is 5. The van der Waals surface area contributed by atoms with Gasteiger partial charge >= 0.3 is 12.1 Å². The first-order valence-electron chi connectivity index (χ1n) is 5.47. The molecule has 21 heavy (non-hydrogen) atoms. The minimum Gasteiger partial charge on any atom is -0.478 e. The predicted octanol–water partition coefficient (Wildman–Crippen LogP) is 4.77. The van der Waals surface area contributed by atoms with Crippen molar-refractivity contribution in [3.63, 3.8) is 0 Å². The van der Waals surface area contributed by atoms with Crippen molar-refractivity contribution in [2.24, 2.45) is 0 Å². The Labute approximate surface area is 126 Å². The van der Waals surface area contributed by atoms with E-state index < -0.39 is 23.3 Å². The molecule has 1 aromatic heterocycles. The van der Waals surface area contributed by atoms with Crippen LogP contribution in [0.4, 0.5) is 13.2 Å². The van der Waals surface area contributed by atoms with Crippen molar-refractivity contribution in [1.82, 2.24) is 4.98 Å². The maximum absolute atomic E-state index is 12.9. The minimum atomic E-state index is -4.82. The summed E-state index contributed by atoms with van der Waals surface area (Å²) in [6, 6.07) is 4.83. The topological polar surface area (TPSA) is 50.2 Å². The predicted molar refractivity (Wildman–Crippen MR) is 71.7 cm³/mol. The van der Waals surface area contributed by atoms with Gasteiger partial charge < -0.3 is 5.11 Å². The molecule has 0 saturated heterocycles. The summed E-state index contributed by atoms with van der Waals surface area (Å²) < 4.78 is 38.8. The van der Waals surface area contributed by atoms with Gasteiger partial charge in [-0.3, -0.25) is 4.98 Å². The van der Waals surface area contributed by atoms with Gasteiger partial charge in [-0.15, -0.1) is 0 Å². The Hall–Kier alpha value is -1.79. The Bertz CT molecular complexity index is 717. The lowest BCUT2D eigenvalue weighted by Gasteiger charge is -2.14. The molecule has 2 aromatic rings. The Morgan fingerprint density at radius 3 is 2.43 bits per heavy atom. The highest BCUT2D eigenvalue weighted by molar-refractivity contribution is 6.43. The van der Waals surface area contributed by atoms with E-state index in [4.69, 9.17) is 28.3 Å². The Kier molecular flexibility index (Phi) is 4.11. The largest absolute Gasteiger partial charge is 0.478 e. The average Bonchev–Trinajstić information content (AvgIpc) is 2.40. The molecule has 0 fully saturated rings. The van der Waals surface area contributed by atoms with Gasteiger partial charge in [0.05, 0.1) is 26.9 Å². The molecule has 0 spiro atoms. The lowest BCUT2D eigenvalue weighted by molar-refractivity contribution is -0.138. The fraction of sp³-hybridized carbons (Fsp3) is 0.0769. The fourth-order valence-electron chi connectivity index (χ4n) is 1.81. The van der Waals surface area contributed by atoms with E-state index in [1.807, 2.05) is 0 Å². The third-order valence-corrected chi connectivity index (χ3v) is 3.50. The molecule has 0 unspecified atom stereocenters. The molecular weight excluding hydrogens is 330 g/mol. The van der Waals surface area contributed by atoms with Gasteiger partial charge in [-0.25, -0.2) is 4.79 Å². The van der Waals surface area contributed by atoms with Crippen LogP contribution < -0.4 is 0 Å². The van der Waals surface area contributed by atoms with E-state index in [9.17, 15) is 18.0 Å². The summed E-state index contributed by atoms with van der Waals surface area (Å²) in [5.74, 6) is -1.75. The normalized spacial score (nSPS) is 11.5. The summed E-state index contributed by atoms with van der Waals surface area (Å²) in [6.07, 6.45) is -3.95. The first-order valence-corrected chi connectivity index (χ1v) is 6.23. The number of benzene rings is 1. The molecule has 1 N–H and O–H groups in total. The molecule has 2 rings (SSSR count). The zero-order valence-corrected chi connectivity index (χ0v) is 11.6. The fourth-order valence-corrected chi connectivity index (χ4v) is 2.20. The SMILES string of the molecule is O=C(O)c1c(C(F)(F)F)ccnc1-c1cccc(Cl)c1Cl. The van der Waals surface area contributed by atoms with Gasteiger partial charge in [-0.2, -0.15) is 13.2 Å². The number of aromatic carboxylic acids is 1. The summed E-state index contributed by atoms with van der Waals surface area (Å²) >= 11 is 11.7. The van der Waals surface area contributed by atoms with Crippen molar-refractivity contribution in [3.8, 4) is 11.3 Å². The van der Waals surface area contributed by atoms with E-state index in [0.717, 1.165) is 6.20 Å². The van der Waals surface area contributed by atoms with Gasteiger partial charge in [0.15, 0.2) is 0 Å². The molecule has 0 saturated carbocycles. The van der Waals surface area contributed by atoms with E-state index in [-0.39, 0.29) is 21.3 Å². The van der Waals surface area contributed by atoms with Gasteiger partial charge in [-0.05, 0) is 12.1 Å². The number of aromatic nitrogens is 1. The minimum absolute atomic E-state index is 0.0210. The number of rotatable bonds is 2. The smallest absolute Gasteiger partial charge is 0.417 e. The average molecular weight is 336 g/mol. The lowest BCUT2D eigenvalue weighted by atomic mass is 10.0. The molecule has 8 heteroatoms. The quantitative estimate of drug-likeness (QED) is 0.859. The van der Waals surface area contributed by atoms with E-state index >= 15 is 0 Å². The second-order valence-electron chi connectivity index (χ2n) is 3.99. The van der Waals surface area contributed by atoms with Crippen LogP contribution in [0, 0.1) is 0 Å². The number of hydrogen-bond donors (Lipinski definition) is 1. The van der Waals surface area contributed by atoms with Gasteiger partial charge in [0.1, 0.15) is 0 Å². The number of carboxylic acids is 1. The zero-order chi connectivity index (χ0) is 15.8. The molecule has 0 atom stereocenters. The molecule has 3 nitrogen and oxygen atoms in total. The van der Waals surface area contributed by atoms with Crippen molar-refractivity contribution < 1.29 is 23.1 Å². The molecule has 0 radical (unpaired) electrons. The van der Waals surface area contributed by atoms with Crippen LogP contribution in [0.5, 0.6) is 0 Å². The van der Waals surface area contributed by atoms with E-state index in [2.05, 4.69) is 4.98 Å².